The quantitative estimate of drug-likeness (QED) is 0.711. The maximum absolute atomic E-state index is 5.78. The summed E-state index contributed by atoms with van der Waals surface area (Å²) in [5.41, 5.74) is 1.40. The lowest BCUT2D eigenvalue weighted by atomic mass is 10.3. The third kappa shape index (κ3) is 0.956. The van der Waals surface area contributed by atoms with Crippen LogP contribution < -0.4 is 0 Å². The van der Waals surface area contributed by atoms with Crippen molar-refractivity contribution in [2.45, 2.75) is 6.92 Å². The van der Waals surface area contributed by atoms with Crippen molar-refractivity contribution in [3.8, 4) is 0 Å². The first-order valence-corrected chi connectivity index (χ1v) is 3.98. The Morgan fingerprint density at radius 3 is 2.50 bits per heavy atom. The summed E-state index contributed by atoms with van der Waals surface area (Å²) < 4.78 is 0. The van der Waals surface area contributed by atoms with Gasteiger partial charge in [0.25, 0.3) is 0 Å². The Morgan fingerprint density at radius 1 is 1.17 bits per heavy atom. The smallest absolute Gasteiger partial charge is 0.179 e. The van der Waals surface area contributed by atoms with Gasteiger partial charge in [-0.05, 0) is 6.92 Å². The molecule has 0 aliphatic rings. The average Bonchev–Trinajstić information content (AvgIpc) is 2.42. The second kappa shape index (κ2) is 2.57. The Balaban J connectivity index is 2.98. The first-order chi connectivity index (χ1) is 5.70. The van der Waals surface area contributed by atoms with Gasteiger partial charge in [0.05, 0.1) is 5.39 Å². The van der Waals surface area contributed by atoms with E-state index in [1.54, 1.807) is 0 Å². The molecular formula is C6H4Cl2N4. The van der Waals surface area contributed by atoms with Crippen molar-refractivity contribution in [1.82, 2.24) is 20.4 Å². The zero-order valence-electron chi connectivity index (χ0n) is 6.10. The van der Waals surface area contributed by atoms with Gasteiger partial charge in [0.1, 0.15) is 5.52 Å². The number of fused-ring (bicyclic) bond motifs is 1. The largest absolute Gasteiger partial charge is 0.281 e. The van der Waals surface area contributed by atoms with E-state index in [4.69, 9.17) is 23.2 Å². The highest BCUT2D eigenvalue weighted by atomic mass is 35.5. The third-order valence-corrected chi connectivity index (χ3v) is 2.09. The average molecular weight is 203 g/mol. The van der Waals surface area contributed by atoms with Gasteiger partial charge in [-0.25, -0.2) is 0 Å². The summed E-state index contributed by atoms with van der Waals surface area (Å²) in [5.74, 6) is 0. The molecule has 0 unspecified atom stereocenters. The molecule has 12 heavy (non-hydrogen) atoms. The first-order valence-electron chi connectivity index (χ1n) is 3.22. The number of aryl methyl sites for hydroxylation is 1. The number of halogens is 2. The molecule has 0 radical (unpaired) electrons. The van der Waals surface area contributed by atoms with Crippen LogP contribution in [0.4, 0.5) is 0 Å². The monoisotopic (exact) mass is 202 g/mol. The van der Waals surface area contributed by atoms with Crippen LogP contribution in [-0.2, 0) is 0 Å². The van der Waals surface area contributed by atoms with Gasteiger partial charge < -0.3 is 0 Å². The molecule has 2 heterocycles. The van der Waals surface area contributed by atoms with E-state index in [0.717, 1.165) is 11.1 Å². The highest BCUT2D eigenvalue weighted by molar-refractivity contribution is 6.38. The van der Waals surface area contributed by atoms with Crippen molar-refractivity contribution in [2.75, 3.05) is 0 Å². The van der Waals surface area contributed by atoms with Crippen LogP contribution in [0, 0.1) is 6.92 Å². The van der Waals surface area contributed by atoms with Crippen molar-refractivity contribution in [3.63, 3.8) is 0 Å². The molecule has 0 bridgehead atoms. The Kier molecular flexibility index (Phi) is 1.66. The van der Waals surface area contributed by atoms with E-state index >= 15 is 0 Å². The maximum atomic E-state index is 5.78. The van der Waals surface area contributed by atoms with Crippen LogP contribution in [0.5, 0.6) is 0 Å². The molecule has 2 aromatic rings. The lowest BCUT2D eigenvalue weighted by molar-refractivity contribution is 1.04. The zero-order chi connectivity index (χ0) is 8.72. The number of rotatable bonds is 0. The first kappa shape index (κ1) is 7.76. The summed E-state index contributed by atoms with van der Waals surface area (Å²) in [7, 11) is 0. The minimum absolute atomic E-state index is 0.263. The molecule has 0 atom stereocenters. The second-order valence-corrected chi connectivity index (χ2v) is 3.07. The molecule has 0 saturated carbocycles. The van der Waals surface area contributed by atoms with Crippen molar-refractivity contribution < 1.29 is 0 Å². The molecule has 0 aliphatic carbocycles. The van der Waals surface area contributed by atoms with Gasteiger partial charge in [-0.15, -0.1) is 10.2 Å². The number of aromatic amines is 1. The summed E-state index contributed by atoms with van der Waals surface area (Å²) in [6.45, 7) is 1.85. The summed E-state index contributed by atoms with van der Waals surface area (Å²) in [6.07, 6.45) is 0. The van der Waals surface area contributed by atoms with Crippen LogP contribution in [0.1, 0.15) is 5.69 Å². The minimum Gasteiger partial charge on any atom is -0.281 e. The van der Waals surface area contributed by atoms with Crippen molar-refractivity contribution in [3.05, 3.63) is 16.0 Å². The SMILES string of the molecule is Cc1[nH]nc2c(Cl)nnc(Cl)c12. The highest BCUT2D eigenvalue weighted by Gasteiger charge is 2.11. The molecule has 0 amide bonds. The number of aromatic nitrogens is 4. The topological polar surface area (TPSA) is 54.5 Å². The molecule has 62 valence electrons. The fourth-order valence-electron chi connectivity index (χ4n) is 1.02. The molecule has 0 fully saturated rings. The zero-order valence-corrected chi connectivity index (χ0v) is 7.61. The number of nitrogens with one attached hydrogen (secondary N) is 1. The fraction of sp³-hybridized carbons (Fsp3) is 0.167. The van der Waals surface area contributed by atoms with E-state index in [1.807, 2.05) is 6.92 Å². The summed E-state index contributed by atoms with van der Waals surface area (Å²) in [5, 5.41) is 15.3. The van der Waals surface area contributed by atoms with Crippen molar-refractivity contribution in [2.24, 2.45) is 0 Å². The van der Waals surface area contributed by atoms with Gasteiger partial charge in [-0.1, -0.05) is 23.2 Å². The van der Waals surface area contributed by atoms with Gasteiger partial charge in [0.15, 0.2) is 10.3 Å². The van der Waals surface area contributed by atoms with Crippen LogP contribution in [0.2, 0.25) is 10.3 Å². The number of hydrogen-bond acceptors (Lipinski definition) is 3. The van der Waals surface area contributed by atoms with Crippen molar-refractivity contribution >= 4 is 34.1 Å². The number of H-pyrrole nitrogens is 1. The third-order valence-electron chi connectivity index (χ3n) is 1.57. The highest BCUT2D eigenvalue weighted by Crippen LogP contribution is 2.25. The molecule has 0 aliphatic heterocycles. The van der Waals surface area contributed by atoms with Gasteiger partial charge in [0.2, 0.25) is 0 Å². The van der Waals surface area contributed by atoms with E-state index in [1.165, 1.54) is 0 Å². The molecule has 2 rings (SSSR count). The standard InChI is InChI=1S/C6H4Cl2N4/c1-2-3-4(10-9-2)6(8)12-11-5(3)7/h1H3,(H,9,10). The van der Waals surface area contributed by atoms with Crippen LogP contribution in [0.15, 0.2) is 0 Å². The summed E-state index contributed by atoms with van der Waals surface area (Å²) in [6, 6.07) is 0. The molecule has 0 spiro atoms. The van der Waals surface area contributed by atoms with Crippen molar-refractivity contribution in [1.29, 1.82) is 0 Å². The van der Waals surface area contributed by atoms with Gasteiger partial charge in [0, 0.05) is 5.69 Å². The predicted octanol–water partition coefficient (Wildman–Crippen LogP) is 1.97. The summed E-state index contributed by atoms with van der Waals surface area (Å²) in [4.78, 5) is 0. The van der Waals surface area contributed by atoms with Gasteiger partial charge >= 0.3 is 0 Å². The van der Waals surface area contributed by atoms with Crippen LogP contribution >= 0.6 is 23.2 Å². The minimum atomic E-state index is 0.263. The van der Waals surface area contributed by atoms with Crippen LogP contribution in [0.25, 0.3) is 10.9 Å². The predicted molar refractivity (Wildman–Crippen MR) is 46.4 cm³/mol. The Hall–Kier alpha value is -0.870. The Morgan fingerprint density at radius 2 is 1.83 bits per heavy atom. The van der Waals surface area contributed by atoms with E-state index < -0.39 is 0 Å². The lowest BCUT2D eigenvalue weighted by Crippen LogP contribution is -1.85. The van der Waals surface area contributed by atoms with Gasteiger partial charge in [-0.3, -0.25) is 5.10 Å². The molecule has 4 nitrogen and oxygen atoms in total. The number of nitrogens with zero attached hydrogens (tertiary/aromatic N) is 3. The Labute approximate surface area is 77.9 Å². The normalized spacial score (nSPS) is 10.9. The second-order valence-electron chi connectivity index (χ2n) is 2.35. The van der Waals surface area contributed by atoms with E-state index in [2.05, 4.69) is 20.4 Å². The molecule has 1 N–H and O–H groups in total. The summed E-state index contributed by atoms with van der Waals surface area (Å²) >= 11 is 11.5. The molecule has 2 aromatic heterocycles. The van der Waals surface area contributed by atoms with E-state index in [9.17, 15) is 0 Å². The maximum Gasteiger partial charge on any atom is 0.179 e. The molecular weight excluding hydrogens is 199 g/mol. The van der Waals surface area contributed by atoms with Crippen LogP contribution in [-0.4, -0.2) is 20.4 Å². The fourth-order valence-corrected chi connectivity index (χ4v) is 1.46. The Bertz CT molecular complexity index is 436. The van der Waals surface area contributed by atoms with Crippen LogP contribution in [0.3, 0.4) is 0 Å². The molecule has 6 heteroatoms. The lowest BCUT2D eigenvalue weighted by Gasteiger charge is -1.92. The molecule has 0 saturated heterocycles. The van der Waals surface area contributed by atoms with E-state index in [0.29, 0.717) is 10.7 Å². The molecule has 0 aromatic carbocycles. The van der Waals surface area contributed by atoms with Gasteiger partial charge in [-0.2, -0.15) is 5.10 Å². The van der Waals surface area contributed by atoms with E-state index in [-0.39, 0.29) is 5.15 Å². The number of hydrogen-bond donors (Lipinski definition) is 1.